The standard InChI is InChI=1S/C14H20/c1-2-8-3-11-7-12(8)14-6-10-4-9(10)5-13(11)14/h2,8-14H,1,3-7H2/t8-,9+,10-,11+,12+,13?,14?/m1/s1. The predicted molar refractivity (Wildman–Crippen MR) is 57.7 cm³/mol. The van der Waals surface area contributed by atoms with Gasteiger partial charge in [0.2, 0.25) is 0 Å². The summed E-state index contributed by atoms with van der Waals surface area (Å²) in [5.74, 6) is 7.69. The van der Waals surface area contributed by atoms with E-state index >= 15 is 0 Å². The van der Waals surface area contributed by atoms with E-state index in [4.69, 9.17) is 0 Å². The molecule has 4 rings (SSSR count). The van der Waals surface area contributed by atoms with Gasteiger partial charge in [-0.15, -0.1) is 6.58 Å². The zero-order chi connectivity index (χ0) is 9.28. The molecule has 0 aromatic heterocycles. The van der Waals surface area contributed by atoms with Crippen LogP contribution < -0.4 is 0 Å². The monoisotopic (exact) mass is 188 g/mol. The zero-order valence-corrected chi connectivity index (χ0v) is 8.86. The molecular formula is C14H20. The van der Waals surface area contributed by atoms with Crippen LogP contribution in [-0.2, 0) is 0 Å². The molecule has 76 valence electrons. The molecule has 14 heavy (non-hydrogen) atoms. The highest BCUT2D eigenvalue weighted by atomic mass is 14.6. The van der Waals surface area contributed by atoms with Gasteiger partial charge in [0, 0.05) is 0 Å². The van der Waals surface area contributed by atoms with E-state index in [1.807, 2.05) is 0 Å². The molecule has 0 aromatic carbocycles. The van der Waals surface area contributed by atoms with Gasteiger partial charge >= 0.3 is 0 Å². The molecule has 4 aliphatic rings. The minimum Gasteiger partial charge on any atom is -0.103 e. The van der Waals surface area contributed by atoms with Crippen LogP contribution >= 0.6 is 0 Å². The summed E-state index contributed by atoms with van der Waals surface area (Å²) in [6.45, 7) is 4.03. The smallest absolute Gasteiger partial charge is 0.0202 e. The highest BCUT2D eigenvalue weighted by molar-refractivity contribution is 5.10. The van der Waals surface area contributed by atoms with Crippen molar-refractivity contribution in [2.45, 2.75) is 32.1 Å². The van der Waals surface area contributed by atoms with Gasteiger partial charge < -0.3 is 0 Å². The molecule has 2 unspecified atom stereocenters. The van der Waals surface area contributed by atoms with Crippen molar-refractivity contribution in [3.05, 3.63) is 12.7 Å². The van der Waals surface area contributed by atoms with Gasteiger partial charge in [-0.1, -0.05) is 6.08 Å². The molecule has 0 spiro atoms. The van der Waals surface area contributed by atoms with E-state index in [0.29, 0.717) is 0 Å². The molecule has 4 fully saturated rings. The lowest BCUT2D eigenvalue weighted by atomic mass is 9.67. The third-order valence-corrected chi connectivity index (χ3v) is 5.93. The number of rotatable bonds is 1. The van der Waals surface area contributed by atoms with Crippen LogP contribution in [-0.4, -0.2) is 0 Å². The van der Waals surface area contributed by atoms with E-state index in [0.717, 1.165) is 29.6 Å². The van der Waals surface area contributed by atoms with Gasteiger partial charge in [0.25, 0.3) is 0 Å². The third-order valence-electron chi connectivity index (χ3n) is 5.93. The molecule has 0 aliphatic heterocycles. The maximum Gasteiger partial charge on any atom is -0.0202 e. The first-order valence-corrected chi connectivity index (χ1v) is 6.49. The normalized spacial score (nSPS) is 63.3. The Morgan fingerprint density at radius 3 is 2.21 bits per heavy atom. The quantitative estimate of drug-likeness (QED) is 0.553. The van der Waals surface area contributed by atoms with E-state index in [-0.39, 0.29) is 0 Å². The lowest BCUT2D eigenvalue weighted by Gasteiger charge is -2.37. The van der Waals surface area contributed by atoms with Crippen LogP contribution in [0.25, 0.3) is 0 Å². The fraction of sp³-hybridized carbons (Fsp3) is 0.857. The van der Waals surface area contributed by atoms with Crippen molar-refractivity contribution in [1.29, 1.82) is 0 Å². The molecule has 4 saturated carbocycles. The van der Waals surface area contributed by atoms with Crippen LogP contribution in [0.3, 0.4) is 0 Å². The number of hydrogen-bond acceptors (Lipinski definition) is 0. The molecule has 0 saturated heterocycles. The Labute approximate surface area is 86.8 Å². The Morgan fingerprint density at radius 1 is 0.714 bits per heavy atom. The molecule has 0 heterocycles. The predicted octanol–water partition coefficient (Wildman–Crippen LogP) is 3.49. The van der Waals surface area contributed by atoms with Gasteiger partial charge in [-0.25, -0.2) is 0 Å². The van der Waals surface area contributed by atoms with Crippen molar-refractivity contribution in [2.24, 2.45) is 41.4 Å². The van der Waals surface area contributed by atoms with Gasteiger partial charge in [0.05, 0.1) is 0 Å². The van der Waals surface area contributed by atoms with Crippen LogP contribution in [0, 0.1) is 41.4 Å². The van der Waals surface area contributed by atoms with Crippen LogP contribution in [0.15, 0.2) is 12.7 Å². The van der Waals surface area contributed by atoms with Gasteiger partial charge in [-0.05, 0) is 73.5 Å². The lowest BCUT2D eigenvalue weighted by molar-refractivity contribution is 0.127. The van der Waals surface area contributed by atoms with Crippen molar-refractivity contribution in [2.75, 3.05) is 0 Å². The van der Waals surface area contributed by atoms with Gasteiger partial charge in [-0.2, -0.15) is 0 Å². The van der Waals surface area contributed by atoms with Gasteiger partial charge in [0.1, 0.15) is 0 Å². The molecule has 2 bridgehead atoms. The summed E-state index contributed by atoms with van der Waals surface area (Å²) in [6, 6.07) is 0. The highest BCUT2D eigenvalue weighted by Crippen LogP contribution is 2.66. The van der Waals surface area contributed by atoms with Crippen LogP contribution in [0.5, 0.6) is 0 Å². The summed E-state index contributed by atoms with van der Waals surface area (Å²) >= 11 is 0. The van der Waals surface area contributed by atoms with E-state index in [9.17, 15) is 0 Å². The maximum atomic E-state index is 4.03. The number of fused-ring (bicyclic) bond motifs is 6. The lowest BCUT2D eigenvalue weighted by Crippen LogP contribution is -2.30. The molecule has 0 radical (unpaired) electrons. The summed E-state index contributed by atoms with van der Waals surface area (Å²) in [4.78, 5) is 0. The molecule has 4 aliphatic carbocycles. The SMILES string of the molecule is C=C[C@@H]1C[C@H]2C[C@@H]1C1C[C@H]3C[C@H]3CC12. The Balaban J connectivity index is 1.63. The Bertz CT molecular complexity index is 280. The average molecular weight is 188 g/mol. The van der Waals surface area contributed by atoms with E-state index in [2.05, 4.69) is 12.7 Å². The van der Waals surface area contributed by atoms with Crippen LogP contribution in [0.1, 0.15) is 32.1 Å². The fourth-order valence-corrected chi connectivity index (χ4v) is 5.23. The van der Waals surface area contributed by atoms with E-state index < -0.39 is 0 Å². The summed E-state index contributed by atoms with van der Waals surface area (Å²) in [7, 11) is 0. The molecule has 0 heteroatoms. The van der Waals surface area contributed by atoms with Crippen molar-refractivity contribution in [3.8, 4) is 0 Å². The number of allylic oxidation sites excluding steroid dienone is 1. The van der Waals surface area contributed by atoms with Crippen LogP contribution in [0.4, 0.5) is 0 Å². The molecule has 0 amide bonds. The van der Waals surface area contributed by atoms with Gasteiger partial charge in [0.15, 0.2) is 0 Å². The van der Waals surface area contributed by atoms with Crippen molar-refractivity contribution >= 4 is 0 Å². The average Bonchev–Trinajstić information content (AvgIpc) is 2.72. The Hall–Kier alpha value is -0.260. The van der Waals surface area contributed by atoms with Gasteiger partial charge in [-0.3, -0.25) is 0 Å². The zero-order valence-electron chi connectivity index (χ0n) is 8.86. The minimum absolute atomic E-state index is 0.900. The molecule has 0 N–H and O–H groups in total. The maximum absolute atomic E-state index is 4.03. The minimum atomic E-state index is 0.900. The first-order chi connectivity index (χ1) is 6.86. The first-order valence-electron chi connectivity index (χ1n) is 6.49. The van der Waals surface area contributed by atoms with Crippen LogP contribution in [0.2, 0.25) is 0 Å². The molecular weight excluding hydrogens is 168 g/mol. The summed E-state index contributed by atoms with van der Waals surface area (Å²) in [5, 5.41) is 0. The van der Waals surface area contributed by atoms with E-state index in [1.165, 1.54) is 18.3 Å². The second-order valence-electron chi connectivity index (χ2n) is 6.35. The van der Waals surface area contributed by atoms with Crippen molar-refractivity contribution < 1.29 is 0 Å². The topological polar surface area (TPSA) is 0 Å². The fourth-order valence-electron chi connectivity index (χ4n) is 5.23. The molecule has 0 aromatic rings. The van der Waals surface area contributed by atoms with Crippen molar-refractivity contribution in [1.82, 2.24) is 0 Å². The second kappa shape index (κ2) is 2.46. The summed E-state index contributed by atoms with van der Waals surface area (Å²) in [6.07, 6.45) is 10.1. The highest BCUT2D eigenvalue weighted by Gasteiger charge is 2.58. The largest absolute Gasteiger partial charge is 0.103 e. The van der Waals surface area contributed by atoms with E-state index in [1.54, 1.807) is 25.7 Å². The summed E-state index contributed by atoms with van der Waals surface area (Å²) < 4.78 is 0. The Morgan fingerprint density at radius 2 is 1.43 bits per heavy atom. The second-order valence-corrected chi connectivity index (χ2v) is 6.35. The van der Waals surface area contributed by atoms with Crippen molar-refractivity contribution in [3.63, 3.8) is 0 Å². The molecule has 7 atom stereocenters. The number of hydrogen-bond donors (Lipinski definition) is 0. The first kappa shape index (κ1) is 7.96. The Kier molecular flexibility index (Phi) is 1.40. The summed E-state index contributed by atoms with van der Waals surface area (Å²) in [5.41, 5.74) is 0. The molecule has 0 nitrogen and oxygen atoms in total. The third kappa shape index (κ3) is 0.857.